The van der Waals surface area contributed by atoms with Crippen molar-refractivity contribution in [1.29, 1.82) is 0 Å². The van der Waals surface area contributed by atoms with E-state index in [0.29, 0.717) is 11.5 Å². The second-order valence-electron chi connectivity index (χ2n) is 5.34. The molecule has 1 aromatic rings. The van der Waals surface area contributed by atoms with Gasteiger partial charge in [-0.05, 0) is 17.9 Å². The third kappa shape index (κ3) is 4.86. The summed E-state index contributed by atoms with van der Waals surface area (Å²) >= 11 is 0. The first kappa shape index (κ1) is 15.4. The summed E-state index contributed by atoms with van der Waals surface area (Å²) in [7, 11) is 1.33. The van der Waals surface area contributed by atoms with Crippen molar-refractivity contribution in [1.82, 2.24) is 0 Å². The summed E-state index contributed by atoms with van der Waals surface area (Å²) in [5, 5.41) is 0. The number of hydrogen-bond donors (Lipinski definition) is 0. The SMILES string of the molecule is COC(=O)CC(C)C(=O)c1ccc(CC(C)C)cc1. The number of carbonyl (C=O) groups excluding carboxylic acids is 2. The predicted molar refractivity (Wildman–Crippen MR) is 75.1 cm³/mol. The molecule has 19 heavy (non-hydrogen) atoms. The van der Waals surface area contributed by atoms with E-state index in [0.717, 1.165) is 6.42 Å². The maximum absolute atomic E-state index is 12.1. The van der Waals surface area contributed by atoms with Crippen molar-refractivity contribution in [3.63, 3.8) is 0 Å². The Kier molecular flexibility index (Phi) is 5.74. The van der Waals surface area contributed by atoms with Crippen molar-refractivity contribution in [2.24, 2.45) is 11.8 Å². The van der Waals surface area contributed by atoms with Gasteiger partial charge in [-0.15, -0.1) is 0 Å². The third-order valence-electron chi connectivity index (χ3n) is 3.03. The summed E-state index contributed by atoms with van der Waals surface area (Å²) in [6, 6.07) is 7.65. The van der Waals surface area contributed by atoms with Crippen LogP contribution in [-0.4, -0.2) is 18.9 Å². The molecule has 0 aromatic heterocycles. The monoisotopic (exact) mass is 262 g/mol. The Morgan fingerprint density at radius 3 is 2.16 bits per heavy atom. The van der Waals surface area contributed by atoms with Crippen molar-refractivity contribution in [2.45, 2.75) is 33.6 Å². The zero-order valence-corrected chi connectivity index (χ0v) is 12.1. The molecular weight excluding hydrogens is 240 g/mol. The van der Waals surface area contributed by atoms with E-state index in [1.807, 2.05) is 24.3 Å². The van der Waals surface area contributed by atoms with E-state index in [2.05, 4.69) is 18.6 Å². The maximum atomic E-state index is 12.1. The summed E-state index contributed by atoms with van der Waals surface area (Å²) < 4.78 is 4.58. The molecule has 0 fully saturated rings. The first-order valence-electron chi connectivity index (χ1n) is 6.64. The number of carbonyl (C=O) groups is 2. The van der Waals surface area contributed by atoms with Gasteiger partial charge in [0.05, 0.1) is 13.5 Å². The largest absolute Gasteiger partial charge is 0.469 e. The molecule has 1 rings (SSSR count). The van der Waals surface area contributed by atoms with Crippen molar-refractivity contribution >= 4 is 11.8 Å². The van der Waals surface area contributed by atoms with Crippen LogP contribution in [0.3, 0.4) is 0 Å². The highest BCUT2D eigenvalue weighted by Gasteiger charge is 2.18. The van der Waals surface area contributed by atoms with Gasteiger partial charge in [-0.1, -0.05) is 45.0 Å². The van der Waals surface area contributed by atoms with Crippen molar-refractivity contribution < 1.29 is 14.3 Å². The molecule has 104 valence electrons. The quantitative estimate of drug-likeness (QED) is 0.583. The molecule has 3 nitrogen and oxygen atoms in total. The number of benzene rings is 1. The zero-order valence-electron chi connectivity index (χ0n) is 12.1. The van der Waals surface area contributed by atoms with Gasteiger partial charge in [0.2, 0.25) is 0 Å². The Bertz CT molecular complexity index is 432. The maximum Gasteiger partial charge on any atom is 0.306 e. The number of rotatable bonds is 6. The predicted octanol–water partition coefficient (Wildman–Crippen LogP) is 3.27. The molecule has 0 amide bonds. The molecule has 0 aliphatic rings. The van der Waals surface area contributed by atoms with E-state index in [9.17, 15) is 9.59 Å². The lowest BCUT2D eigenvalue weighted by atomic mass is 9.94. The van der Waals surface area contributed by atoms with Gasteiger partial charge in [-0.3, -0.25) is 9.59 Å². The molecule has 1 atom stereocenters. The van der Waals surface area contributed by atoms with Crippen LogP contribution in [0.2, 0.25) is 0 Å². The van der Waals surface area contributed by atoms with E-state index < -0.39 is 0 Å². The molecule has 0 aliphatic carbocycles. The van der Waals surface area contributed by atoms with Gasteiger partial charge >= 0.3 is 5.97 Å². The Balaban J connectivity index is 2.69. The van der Waals surface area contributed by atoms with Crippen LogP contribution < -0.4 is 0 Å². The summed E-state index contributed by atoms with van der Waals surface area (Å²) in [6.07, 6.45) is 1.13. The molecule has 0 spiro atoms. The van der Waals surface area contributed by atoms with Crippen LogP contribution in [-0.2, 0) is 16.0 Å². The van der Waals surface area contributed by atoms with Gasteiger partial charge in [-0.2, -0.15) is 0 Å². The van der Waals surface area contributed by atoms with E-state index in [1.165, 1.54) is 12.7 Å². The van der Waals surface area contributed by atoms with Gasteiger partial charge < -0.3 is 4.74 Å². The molecule has 1 aromatic carbocycles. The Hall–Kier alpha value is -1.64. The first-order valence-corrected chi connectivity index (χ1v) is 6.64. The van der Waals surface area contributed by atoms with E-state index in [1.54, 1.807) is 6.92 Å². The molecule has 0 N–H and O–H groups in total. The van der Waals surface area contributed by atoms with Gasteiger partial charge in [0.15, 0.2) is 5.78 Å². The summed E-state index contributed by atoms with van der Waals surface area (Å²) in [4.78, 5) is 23.3. The van der Waals surface area contributed by atoms with Crippen molar-refractivity contribution in [3.05, 3.63) is 35.4 Å². The van der Waals surface area contributed by atoms with Crippen molar-refractivity contribution in [3.8, 4) is 0 Å². The zero-order chi connectivity index (χ0) is 14.4. The summed E-state index contributed by atoms with van der Waals surface area (Å²) in [5.74, 6) is -0.109. The molecule has 0 saturated carbocycles. The highest BCUT2D eigenvalue weighted by atomic mass is 16.5. The van der Waals surface area contributed by atoms with Crippen molar-refractivity contribution in [2.75, 3.05) is 7.11 Å². The lowest BCUT2D eigenvalue weighted by Crippen LogP contribution is -2.16. The van der Waals surface area contributed by atoms with Crippen LogP contribution in [0.1, 0.15) is 43.1 Å². The average molecular weight is 262 g/mol. The number of esters is 1. The van der Waals surface area contributed by atoms with E-state index in [4.69, 9.17) is 0 Å². The van der Waals surface area contributed by atoms with Gasteiger partial charge in [0.1, 0.15) is 0 Å². The lowest BCUT2D eigenvalue weighted by molar-refractivity contribution is -0.141. The minimum absolute atomic E-state index is 0.0125. The van der Waals surface area contributed by atoms with E-state index in [-0.39, 0.29) is 24.1 Å². The fourth-order valence-electron chi connectivity index (χ4n) is 1.99. The highest BCUT2D eigenvalue weighted by Crippen LogP contribution is 2.15. The van der Waals surface area contributed by atoms with Crippen LogP contribution in [0, 0.1) is 11.8 Å². The number of ether oxygens (including phenoxy) is 1. The Morgan fingerprint density at radius 1 is 1.11 bits per heavy atom. The fraction of sp³-hybridized carbons (Fsp3) is 0.500. The first-order chi connectivity index (χ1) is 8.93. The molecule has 3 heteroatoms. The van der Waals surface area contributed by atoms with Crippen LogP contribution in [0.25, 0.3) is 0 Å². The highest BCUT2D eigenvalue weighted by molar-refractivity contribution is 5.99. The summed E-state index contributed by atoms with van der Waals surface area (Å²) in [6.45, 7) is 6.08. The Morgan fingerprint density at radius 2 is 1.68 bits per heavy atom. The molecule has 1 unspecified atom stereocenters. The minimum Gasteiger partial charge on any atom is -0.469 e. The number of ketones is 1. The van der Waals surface area contributed by atoms with E-state index >= 15 is 0 Å². The molecular formula is C16H22O3. The second-order valence-corrected chi connectivity index (χ2v) is 5.34. The van der Waals surface area contributed by atoms with Gasteiger partial charge in [0.25, 0.3) is 0 Å². The average Bonchev–Trinajstić information content (AvgIpc) is 2.37. The fourth-order valence-corrected chi connectivity index (χ4v) is 1.99. The Labute approximate surface area is 115 Å². The molecule has 0 radical (unpaired) electrons. The molecule has 0 bridgehead atoms. The van der Waals surface area contributed by atoms with Crippen LogP contribution in [0.15, 0.2) is 24.3 Å². The molecule has 0 aliphatic heterocycles. The lowest BCUT2D eigenvalue weighted by Gasteiger charge is -2.10. The van der Waals surface area contributed by atoms with Gasteiger partial charge in [0, 0.05) is 11.5 Å². The second kappa shape index (κ2) is 7.07. The standard InChI is InChI=1S/C16H22O3/c1-11(2)9-13-5-7-14(8-6-13)16(18)12(3)10-15(17)19-4/h5-8,11-12H,9-10H2,1-4H3. The topological polar surface area (TPSA) is 43.4 Å². The van der Waals surface area contributed by atoms with Crippen LogP contribution in [0.4, 0.5) is 0 Å². The molecule has 0 saturated heterocycles. The number of methoxy groups -OCH3 is 1. The normalized spacial score (nSPS) is 12.3. The van der Waals surface area contributed by atoms with Gasteiger partial charge in [-0.25, -0.2) is 0 Å². The van der Waals surface area contributed by atoms with Crippen LogP contribution >= 0.6 is 0 Å². The minimum atomic E-state index is -0.350. The molecule has 0 heterocycles. The smallest absolute Gasteiger partial charge is 0.306 e. The van der Waals surface area contributed by atoms with Crippen LogP contribution in [0.5, 0.6) is 0 Å². The summed E-state index contributed by atoms with van der Waals surface area (Å²) in [5.41, 5.74) is 1.89. The number of hydrogen-bond acceptors (Lipinski definition) is 3. The third-order valence-corrected chi connectivity index (χ3v) is 3.03. The number of Topliss-reactive ketones (excluding diaryl/α,β-unsaturated/α-hetero) is 1.